The van der Waals surface area contributed by atoms with Gasteiger partial charge in [0.1, 0.15) is 0 Å². The predicted molar refractivity (Wildman–Crippen MR) is 118 cm³/mol. The molecule has 2 aromatic rings. The molecule has 0 saturated carbocycles. The molecule has 7 nitrogen and oxygen atoms in total. The molecule has 4 rings (SSSR count). The van der Waals surface area contributed by atoms with Crippen molar-refractivity contribution >= 4 is 17.3 Å². The minimum Gasteiger partial charge on any atom is -0.478 e. The van der Waals surface area contributed by atoms with Gasteiger partial charge in [-0.3, -0.25) is 4.79 Å². The Labute approximate surface area is 187 Å². The van der Waals surface area contributed by atoms with Crippen LogP contribution >= 0.6 is 0 Å². The first-order valence-corrected chi connectivity index (χ1v) is 10.6. The normalized spacial score (nSPS) is 26.9. The molecule has 0 aliphatic carbocycles. The third-order valence-electron chi connectivity index (χ3n) is 6.74. The van der Waals surface area contributed by atoms with Crippen molar-refractivity contribution in [3.63, 3.8) is 0 Å². The zero-order chi connectivity index (χ0) is 23.5. The maximum Gasteiger partial charge on any atom is 0.336 e. The van der Waals surface area contributed by atoms with Crippen molar-refractivity contribution in [2.45, 2.75) is 57.0 Å². The Morgan fingerprint density at radius 3 is 2.16 bits per heavy atom. The number of carbonyl (C=O) groups is 2. The van der Waals surface area contributed by atoms with Crippen LogP contribution in [-0.4, -0.2) is 49.0 Å². The number of hydrogen-bond donors (Lipinski definition) is 2. The number of carboxylic acids is 1. The van der Waals surface area contributed by atoms with Crippen LogP contribution in [0.1, 0.15) is 55.6 Å². The van der Waals surface area contributed by atoms with Crippen LogP contribution in [0.15, 0.2) is 60.8 Å². The van der Waals surface area contributed by atoms with Crippen molar-refractivity contribution < 1.29 is 25.0 Å². The van der Waals surface area contributed by atoms with E-state index >= 15 is 0 Å². The Bertz CT molecular complexity index is 1110. The van der Waals surface area contributed by atoms with Crippen LogP contribution in [-0.2, 0) is 15.7 Å². The zero-order valence-corrected chi connectivity index (χ0v) is 18.6. The van der Waals surface area contributed by atoms with Gasteiger partial charge in [-0.05, 0) is 45.7 Å². The lowest BCUT2D eigenvalue weighted by Gasteiger charge is -2.43. The third-order valence-corrected chi connectivity index (χ3v) is 6.74. The number of nitrogens with zero attached hydrogens (tertiary/aromatic N) is 2. The van der Waals surface area contributed by atoms with Gasteiger partial charge >= 0.3 is 5.97 Å². The third kappa shape index (κ3) is 3.08. The second kappa shape index (κ2) is 7.27. The second-order valence-corrected chi connectivity index (χ2v) is 9.65. The fourth-order valence-electron chi connectivity index (χ4n) is 5.13. The van der Waals surface area contributed by atoms with Crippen LogP contribution in [0.25, 0.3) is 5.57 Å². The number of carbonyl (C=O) groups excluding carboxylic acids is 1. The van der Waals surface area contributed by atoms with Gasteiger partial charge in [0.2, 0.25) is 11.5 Å². The molecular formula is C25H27N2O5. The summed E-state index contributed by atoms with van der Waals surface area (Å²) in [4.78, 5) is 27.3. The van der Waals surface area contributed by atoms with E-state index in [0.29, 0.717) is 12.0 Å². The van der Waals surface area contributed by atoms with Gasteiger partial charge in [0.05, 0.1) is 17.1 Å². The summed E-state index contributed by atoms with van der Waals surface area (Å²) in [6.45, 7) is 7.21. The van der Waals surface area contributed by atoms with E-state index in [1.54, 1.807) is 56.4 Å². The van der Waals surface area contributed by atoms with E-state index in [-0.39, 0.29) is 16.7 Å². The zero-order valence-electron chi connectivity index (χ0n) is 18.6. The SMILES string of the molecule is CC1(C)CC(N2C=C(c3ccccc3)C(=O)C2(O)c2ccccc2C(=O)O)C(C)(C)N1[O]. The molecule has 2 N–H and O–H groups in total. The van der Waals surface area contributed by atoms with E-state index in [0.717, 1.165) is 5.06 Å². The molecule has 1 radical (unpaired) electrons. The van der Waals surface area contributed by atoms with E-state index in [1.165, 1.54) is 17.0 Å². The molecule has 2 aliphatic rings. The summed E-state index contributed by atoms with van der Waals surface area (Å²) in [5.41, 5.74) is -3.23. The lowest BCUT2D eigenvalue weighted by Crippen LogP contribution is -2.58. The topological polar surface area (TPSA) is 101 Å². The Morgan fingerprint density at radius 1 is 1.00 bits per heavy atom. The largest absolute Gasteiger partial charge is 0.478 e. The minimum absolute atomic E-state index is 0.0161. The Hall–Kier alpha value is -3.00. The van der Waals surface area contributed by atoms with Crippen LogP contribution in [0.3, 0.4) is 0 Å². The van der Waals surface area contributed by atoms with Gasteiger partial charge in [0, 0.05) is 22.9 Å². The summed E-state index contributed by atoms with van der Waals surface area (Å²) in [7, 11) is 0. The highest BCUT2D eigenvalue weighted by molar-refractivity contribution is 6.26. The van der Waals surface area contributed by atoms with E-state index in [9.17, 15) is 25.0 Å². The molecule has 32 heavy (non-hydrogen) atoms. The molecule has 2 atom stereocenters. The number of rotatable bonds is 4. The standard InChI is InChI=1S/C25H27N2O5/c1-23(2)14-20(24(3,4)27(23)32)26-15-18(16-10-6-5-7-11-16)21(28)25(26,31)19-13-9-8-12-17(19)22(29)30/h5-13,15,20,31H,14H2,1-4H3,(H,29,30). The summed E-state index contributed by atoms with van der Waals surface area (Å²) < 4.78 is 0. The van der Waals surface area contributed by atoms with Crippen molar-refractivity contribution in [3.05, 3.63) is 77.5 Å². The first-order chi connectivity index (χ1) is 14.9. The average molecular weight is 436 g/mol. The van der Waals surface area contributed by atoms with Crippen molar-refractivity contribution in [2.24, 2.45) is 0 Å². The van der Waals surface area contributed by atoms with Gasteiger partial charge in [-0.2, -0.15) is 0 Å². The van der Waals surface area contributed by atoms with Crippen LogP contribution in [0.4, 0.5) is 0 Å². The molecule has 7 heteroatoms. The molecule has 1 fully saturated rings. The summed E-state index contributed by atoms with van der Waals surface area (Å²) in [6, 6.07) is 14.3. The van der Waals surface area contributed by atoms with Gasteiger partial charge in [-0.25, -0.2) is 4.79 Å². The maximum atomic E-state index is 13.8. The fraction of sp³-hybridized carbons (Fsp3) is 0.360. The summed E-state index contributed by atoms with van der Waals surface area (Å²) >= 11 is 0. The summed E-state index contributed by atoms with van der Waals surface area (Å²) in [6.07, 6.45) is 1.96. The van der Waals surface area contributed by atoms with Crippen LogP contribution in [0.5, 0.6) is 0 Å². The highest BCUT2D eigenvalue weighted by Crippen LogP contribution is 2.50. The number of ketones is 1. The summed E-state index contributed by atoms with van der Waals surface area (Å²) in [5, 5.41) is 35.9. The first-order valence-electron chi connectivity index (χ1n) is 10.6. The average Bonchev–Trinajstić information content (AvgIpc) is 3.11. The Balaban J connectivity index is 1.95. The second-order valence-electron chi connectivity index (χ2n) is 9.65. The lowest BCUT2D eigenvalue weighted by molar-refractivity contribution is -0.251. The maximum absolute atomic E-state index is 13.8. The van der Waals surface area contributed by atoms with Crippen LogP contribution < -0.4 is 0 Å². The van der Waals surface area contributed by atoms with Gasteiger partial charge in [0.15, 0.2) is 0 Å². The minimum atomic E-state index is -2.26. The molecular weight excluding hydrogens is 408 g/mol. The van der Waals surface area contributed by atoms with Crippen LogP contribution in [0.2, 0.25) is 0 Å². The van der Waals surface area contributed by atoms with Crippen molar-refractivity contribution in [2.75, 3.05) is 0 Å². The molecule has 0 aromatic heterocycles. The van der Waals surface area contributed by atoms with Gasteiger partial charge in [-0.1, -0.05) is 48.5 Å². The molecule has 0 bridgehead atoms. The molecule has 2 unspecified atom stereocenters. The van der Waals surface area contributed by atoms with Crippen molar-refractivity contribution in [1.29, 1.82) is 0 Å². The van der Waals surface area contributed by atoms with Gasteiger partial charge in [-0.15, -0.1) is 10.3 Å². The molecule has 0 amide bonds. The first kappa shape index (κ1) is 22.2. The fourth-order valence-corrected chi connectivity index (χ4v) is 5.13. The van der Waals surface area contributed by atoms with Crippen molar-refractivity contribution in [1.82, 2.24) is 9.96 Å². The number of hydrogen-bond acceptors (Lipinski definition) is 5. The molecule has 2 aliphatic heterocycles. The Morgan fingerprint density at radius 2 is 1.59 bits per heavy atom. The highest BCUT2D eigenvalue weighted by Gasteiger charge is 2.61. The van der Waals surface area contributed by atoms with Crippen LogP contribution in [0, 0.1) is 0 Å². The molecule has 167 valence electrons. The molecule has 2 aromatic carbocycles. The molecule has 0 spiro atoms. The number of benzene rings is 2. The molecule has 1 saturated heterocycles. The number of hydroxylamine groups is 2. The highest BCUT2D eigenvalue weighted by atomic mass is 16.5. The van der Waals surface area contributed by atoms with Crippen molar-refractivity contribution in [3.8, 4) is 0 Å². The predicted octanol–water partition coefficient (Wildman–Crippen LogP) is 3.43. The number of aliphatic hydroxyl groups is 1. The van der Waals surface area contributed by atoms with E-state index in [1.807, 2.05) is 19.9 Å². The summed E-state index contributed by atoms with van der Waals surface area (Å²) in [5.74, 6) is -1.86. The van der Waals surface area contributed by atoms with E-state index < -0.39 is 34.6 Å². The lowest BCUT2D eigenvalue weighted by atomic mass is 9.86. The van der Waals surface area contributed by atoms with E-state index in [2.05, 4.69) is 0 Å². The molecule has 2 heterocycles. The number of Topliss-reactive ketones (excluding diaryl/α,β-unsaturated/α-hetero) is 1. The van der Waals surface area contributed by atoms with Gasteiger partial charge < -0.3 is 15.1 Å². The number of carboxylic acid groups (broad SMARTS) is 1. The van der Waals surface area contributed by atoms with Gasteiger partial charge in [0.25, 0.3) is 0 Å². The monoisotopic (exact) mass is 435 g/mol. The quantitative estimate of drug-likeness (QED) is 0.763. The number of aromatic carboxylic acids is 1. The smallest absolute Gasteiger partial charge is 0.336 e. The Kier molecular flexibility index (Phi) is 5.04. The van der Waals surface area contributed by atoms with E-state index in [4.69, 9.17) is 0 Å².